The lowest BCUT2D eigenvalue weighted by molar-refractivity contribution is -0.385. The van der Waals surface area contributed by atoms with Crippen molar-refractivity contribution in [3.05, 3.63) is 50.7 Å². The Kier molecular flexibility index (Phi) is 4.30. The molecular weight excluding hydrogens is 350 g/mol. The summed E-state index contributed by atoms with van der Waals surface area (Å²) in [5, 5.41) is 19.8. The summed E-state index contributed by atoms with van der Waals surface area (Å²) in [6, 6.07) is 4.70. The average molecular weight is 356 g/mol. The summed E-state index contributed by atoms with van der Waals surface area (Å²) in [4.78, 5) is 29.1. The predicted molar refractivity (Wildman–Crippen MR) is 73.9 cm³/mol. The van der Waals surface area contributed by atoms with Gasteiger partial charge in [0.2, 0.25) is 0 Å². The van der Waals surface area contributed by atoms with Crippen LogP contribution in [0.4, 0.5) is 5.69 Å². The van der Waals surface area contributed by atoms with Gasteiger partial charge in [0.1, 0.15) is 12.4 Å². The Labute approximate surface area is 125 Å². The Morgan fingerprint density at radius 1 is 1.35 bits per heavy atom. The third-order valence-corrected chi connectivity index (χ3v) is 3.64. The van der Waals surface area contributed by atoms with E-state index in [0.717, 1.165) is 24.2 Å². The molecule has 9 heteroatoms. The third kappa shape index (κ3) is 3.31. The Morgan fingerprint density at radius 3 is 2.55 bits per heavy atom. The largest absolute Gasteiger partial charge is 0.478 e. The number of hydrogen-bond acceptors (Lipinski definition) is 6. The van der Waals surface area contributed by atoms with Crippen LogP contribution in [-0.2, 0) is 0 Å². The number of halogens is 1. The van der Waals surface area contributed by atoms with Crippen molar-refractivity contribution in [2.45, 2.75) is 10.1 Å². The molecule has 0 amide bonds. The van der Waals surface area contributed by atoms with Gasteiger partial charge in [0, 0.05) is 9.37 Å². The zero-order chi connectivity index (χ0) is 14.7. The molecule has 0 radical (unpaired) electrons. The standard InChI is InChI=1S/C11H6BrN3O4S/c12-6-1-2-8(10(16)17)9(3-6)20-11-13-4-7(5-14-11)15(18)19/h1-5H,(H,16,17). The van der Waals surface area contributed by atoms with E-state index in [1.54, 1.807) is 12.1 Å². The first kappa shape index (κ1) is 14.4. The number of aromatic carboxylic acids is 1. The van der Waals surface area contributed by atoms with Gasteiger partial charge >= 0.3 is 11.7 Å². The molecule has 0 fully saturated rings. The van der Waals surface area contributed by atoms with Gasteiger partial charge in [-0.3, -0.25) is 10.1 Å². The molecule has 0 aliphatic heterocycles. The smallest absolute Gasteiger partial charge is 0.336 e. The second kappa shape index (κ2) is 5.97. The fraction of sp³-hybridized carbons (Fsp3) is 0. The fourth-order valence-corrected chi connectivity index (χ4v) is 2.68. The molecule has 20 heavy (non-hydrogen) atoms. The van der Waals surface area contributed by atoms with Crippen LogP contribution in [0, 0.1) is 10.1 Å². The van der Waals surface area contributed by atoms with Gasteiger partial charge in [-0.15, -0.1) is 0 Å². The molecule has 1 aromatic heterocycles. The fourth-order valence-electron chi connectivity index (χ4n) is 1.31. The van der Waals surface area contributed by atoms with Gasteiger partial charge < -0.3 is 5.11 Å². The summed E-state index contributed by atoms with van der Waals surface area (Å²) in [5.74, 6) is -1.07. The number of rotatable bonds is 4. The molecule has 1 N–H and O–H groups in total. The van der Waals surface area contributed by atoms with Gasteiger partial charge in [-0.2, -0.15) is 0 Å². The van der Waals surface area contributed by atoms with E-state index in [2.05, 4.69) is 25.9 Å². The highest BCUT2D eigenvalue weighted by Crippen LogP contribution is 2.30. The zero-order valence-corrected chi connectivity index (χ0v) is 12.1. The van der Waals surface area contributed by atoms with E-state index in [4.69, 9.17) is 5.11 Å². The summed E-state index contributed by atoms with van der Waals surface area (Å²) >= 11 is 4.27. The molecule has 2 rings (SSSR count). The Balaban J connectivity index is 2.31. The van der Waals surface area contributed by atoms with Crippen LogP contribution in [0.2, 0.25) is 0 Å². The molecule has 1 heterocycles. The summed E-state index contributed by atoms with van der Waals surface area (Å²) in [7, 11) is 0. The topological polar surface area (TPSA) is 106 Å². The molecule has 7 nitrogen and oxygen atoms in total. The van der Waals surface area contributed by atoms with Crippen molar-refractivity contribution < 1.29 is 14.8 Å². The first-order chi connectivity index (χ1) is 9.47. The zero-order valence-electron chi connectivity index (χ0n) is 9.69. The molecule has 1 aromatic carbocycles. The third-order valence-electron chi connectivity index (χ3n) is 2.20. The van der Waals surface area contributed by atoms with Crippen LogP contribution < -0.4 is 0 Å². The van der Waals surface area contributed by atoms with E-state index >= 15 is 0 Å². The number of carboxylic acid groups (broad SMARTS) is 1. The SMILES string of the molecule is O=C(O)c1ccc(Br)cc1Sc1ncc([N+](=O)[O-])cn1. The number of benzene rings is 1. The highest BCUT2D eigenvalue weighted by molar-refractivity contribution is 9.10. The first-order valence-electron chi connectivity index (χ1n) is 5.14. The van der Waals surface area contributed by atoms with Crippen molar-refractivity contribution in [3.63, 3.8) is 0 Å². The van der Waals surface area contributed by atoms with Gasteiger partial charge in [0.25, 0.3) is 0 Å². The molecule has 0 unspecified atom stereocenters. The lowest BCUT2D eigenvalue weighted by Gasteiger charge is -2.05. The lowest BCUT2D eigenvalue weighted by Crippen LogP contribution is -1.99. The molecule has 0 aliphatic rings. The number of aromatic nitrogens is 2. The van der Waals surface area contributed by atoms with Gasteiger partial charge in [-0.05, 0) is 30.0 Å². The van der Waals surface area contributed by atoms with E-state index < -0.39 is 10.9 Å². The highest BCUT2D eigenvalue weighted by Gasteiger charge is 2.14. The summed E-state index contributed by atoms with van der Waals surface area (Å²) in [6.45, 7) is 0. The maximum absolute atomic E-state index is 11.1. The molecule has 0 atom stereocenters. The van der Waals surface area contributed by atoms with Gasteiger partial charge in [0.15, 0.2) is 5.16 Å². The van der Waals surface area contributed by atoms with Crippen LogP contribution >= 0.6 is 27.7 Å². The molecule has 0 spiro atoms. The minimum atomic E-state index is -1.07. The van der Waals surface area contributed by atoms with Crippen LogP contribution in [0.1, 0.15) is 10.4 Å². The Hall–Kier alpha value is -2.00. The van der Waals surface area contributed by atoms with Crippen LogP contribution in [0.3, 0.4) is 0 Å². The quantitative estimate of drug-likeness (QED) is 0.510. The summed E-state index contributed by atoms with van der Waals surface area (Å²) in [5.41, 5.74) is -0.109. The monoisotopic (exact) mass is 355 g/mol. The van der Waals surface area contributed by atoms with Gasteiger partial charge in [-0.1, -0.05) is 15.9 Å². The van der Waals surface area contributed by atoms with E-state index in [1.165, 1.54) is 6.07 Å². The molecule has 2 aromatic rings. The maximum Gasteiger partial charge on any atom is 0.336 e. The highest BCUT2D eigenvalue weighted by atomic mass is 79.9. The van der Waals surface area contributed by atoms with E-state index in [1.807, 2.05) is 0 Å². The van der Waals surface area contributed by atoms with Gasteiger partial charge in [0.05, 0.1) is 10.5 Å². The van der Waals surface area contributed by atoms with Crippen molar-refractivity contribution in [1.82, 2.24) is 9.97 Å². The maximum atomic E-state index is 11.1. The molecule has 0 saturated heterocycles. The second-order valence-electron chi connectivity index (χ2n) is 3.53. The summed E-state index contributed by atoms with van der Waals surface area (Å²) < 4.78 is 0.715. The molecule has 0 aliphatic carbocycles. The number of nitrogens with zero attached hydrogens (tertiary/aromatic N) is 3. The molecule has 0 bridgehead atoms. The average Bonchev–Trinajstić information content (AvgIpc) is 2.39. The predicted octanol–water partition coefficient (Wildman–Crippen LogP) is 3.00. The minimum Gasteiger partial charge on any atom is -0.478 e. The van der Waals surface area contributed by atoms with Crippen LogP contribution in [-0.4, -0.2) is 26.0 Å². The van der Waals surface area contributed by atoms with Crippen molar-refractivity contribution in [2.75, 3.05) is 0 Å². The van der Waals surface area contributed by atoms with E-state index in [-0.39, 0.29) is 16.4 Å². The van der Waals surface area contributed by atoms with Crippen molar-refractivity contribution in [1.29, 1.82) is 0 Å². The Morgan fingerprint density at radius 2 is 2.00 bits per heavy atom. The summed E-state index contributed by atoms with van der Waals surface area (Å²) in [6.07, 6.45) is 2.15. The van der Waals surface area contributed by atoms with Crippen LogP contribution in [0.15, 0.2) is 45.1 Å². The van der Waals surface area contributed by atoms with Crippen LogP contribution in [0.25, 0.3) is 0 Å². The van der Waals surface area contributed by atoms with E-state index in [9.17, 15) is 14.9 Å². The Bertz CT molecular complexity index is 678. The molecule has 0 saturated carbocycles. The number of carbonyl (C=O) groups is 1. The van der Waals surface area contributed by atoms with Crippen molar-refractivity contribution >= 4 is 39.3 Å². The van der Waals surface area contributed by atoms with Gasteiger partial charge in [-0.25, -0.2) is 14.8 Å². The second-order valence-corrected chi connectivity index (χ2v) is 5.45. The molecular formula is C11H6BrN3O4S. The van der Waals surface area contributed by atoms with E-state index in [0.29, 0.717) is 9.37 Å². The number of nitro groups is 1. The van der Waals surface area contributed by atoms with Crippen molar-refractivity contribution in [3.8, 4) is 0 Å². The number of carboxylic acids is 1. The van der Waals surface area contributed by atoms with Crippen molar-refractivity contribution in [2.24, 2.45) is 0 Å². The first-order valence-corrected chi connectivity index (χ1v) is 6.75. The number of hydrogen-bond donors (Lipinski definition) is 1. The lowest BCUT2D eigenvalue weighted by atomic mass is 10.2. The molecule has 102 valence electrons. The van der Waals surface area contributed by atoms with Crippen LogP contribution in [0.5, 0.6) is 0 Å². The normalized spacial score (nSPS) is 10.2. The minimum absolute atomic E-state index is 0.111.